The molecule has 0 N–H and O–H groups in total. The fourth-order valence-corrected chi connectivity index (χ4v) is 4.24. The second-order valence-corrected chi connectivity index (χ2v) is 7.36. The SMILES string of the molecule is CSCC1CCCN(Cc2c(C)nn(-c3ccccn3)c2C)C1. The molecule has 0 spiro atoms. The molecule has 0 saturated carbocycles. The Morgan fingerprint density at radius 1 is 1.30 bits per heavy atom. The number of hydrogen-bond donors (Lipinski definition) is 0. The summed E-state index contributed by atoms with van der Waals surface area (Å²) in [6.07, 6.45) is 6.73. The van der Waals surface area contributed by atoms with Gasteiger partial charge in [0.25, 0.3) is 0 Å². The van der Waals surface area contributed by atoms with Crippen molar-refractivity contribution in [3.63, 3.8) is 0 Å². The molecule has 3 rings (SSSR count). The fraction of sp³-hybridized carbons (Fsp3) is 0.556. The van der Waals surface area contributed by atoms with Crippen LogP contribution in [0.15, 0.2) is 24.4 Å². The van der Waals surface area contributed by atoms with Gasteiger partial charge in [-0.05, 0) is 63.3 Å². The molecule has 5 heteroatoms. The number of likely N-dealkylation sites (tertiary alicyclic amines) is 1. The van der Waals surface area contributed by atoms with Gasteiger partial charge in [0.15, 0.2) is 5.82 Å². The van der Waals surface area contributed by atoms with E-state index in [0.717, 1.165) is 24.0 Å². The molecule has 1 fully saturated rings. The van der Waals surface area contributed by atoms with Gasteiger partial charge in [-0.25, -0.2) is 9.67 Å². The third-order valence-corrected chi connectivity index (χ3v) is 5.50. The molecule has 0 amide bonds. The monoisotopic (exact) mass is 330 g/mol. The Balaban J connectivity index is 1.77. The highest BCUT2D eigenvalue weighted by Crippen LogP contribution is 2.24. The van der Waals surface area contributed by atoms with Crippen molar-refractivity contribution in [2.45, 2.75) is 33.2 Å². The number of nitrogens with zero attached hydrogens (tertiary/aromatic N) is 4. The van der Waals surface area contributed by atoms with E-state index in [4.69, 9.17) is 5.10 Å². The highest BCUT2D eigenvalue weighted by Gasteiger charge is 2.22. The zero-order chi connectivity index (χ0) is 16.2. The quantitative estimate of drug-likeness (QED) is 0.841. The smallest absolute Gasteiger partial charge is 0.153 e. The number of aryl methyl sites for hydroxylation is 1. The molecule has 3 heterocycles. The minimum atomic E-state index is 0.838. The van der Waals surface area contributed by atoms with Gasteiger partial charge >= 0.3 is 0 Å². The second kappa shape index (κ2) is 7.49. The van der Waals surface area contributed by atoms with E-state index in [-0.39, 0.29) is 0 Å². The Labute approximate surface area is 143 Å². The summed E-state index contributed by atoms with van der Waals surface area (Å²) >= 11 is 1.97. The Bertz CT molecular complexity index is 636. The van der Waals surface area contributed by atoms with Gasteiger partial charge in [0.1, 0.15) is 0 Å². The van der Waals surface area contributed by atoms with Crippen molar-refractivity contribution in [2.24, 2.45) is 5.92 Å². The first-order chi connectivity index (χ1) is 11.2. The van der Waals surface area contributed by atoms with Gasteiger partial charge in [-0.1, -0.05) is 6.07 Å². The lowest BCUT2D eigenvalue weighted by molar-refractivity contribution is 0.178. The maximum absolute atomic E-state index is 4.72. The molecule has 1 atom stereocenters. The minimum Gasteiger partial charge on any atom is -0.299 e. The van der Waals surface area contributed by atoms with Gasteiger partial charge in [0.2, 0.25) is 0 Å². The van der Waals surface area contributed by atoms with Crippen LogP contribution in [0.3, 0.4) is 0 Å². The summed E-state index contributed by atoms with van der Waals surface area (Å²) in [6.45, 7) is 7.71. The molecule has 23 heavy (non-hydrogen) atoms. The van der Waals surface area contributed by atoms with Crippen LogP contribution in [0, 0.1) is 19.8 Å². The number of piperidine rings is 1. The standard InChI is InChI=1S/C18H26N4S/c1-14-17(12-21-10-6-7-16(11-21)13-23-3)15(2)22(20-14)18-8-4-5-9-19-18/h4-5,8-9,16H,6-7,10-13H2,1-3H3. The Morgan fingerprint density at radius 2 is 2.17 bits per heavy atom. The molecule has 1 aliphatic heterocycles. The van der Waals surface area contributed by atoms with Crippen molar-refractivity contribution in [1.82, 2.24) is 19.7 Å². The normalized spacial score (nSPS) is 19.2. The second-order valence-electron chi connectivity index (χ2n) is 6.45. The summed E-state index contributed by atoms with van der Waals surface area (Å²) in [4.78, 5) is 7.03. The molecule has 0 bridgehead atoms. The van der Waals surface area contributed by atoms with E-state index in [9.17, 15) is 0 Å². The van der Waals surface area contributed by atoms with Crippen LogP contribution in [0.2, 0.25) is 0 Å². The van der Waals surface area contributed by atoms with Crippen molar-refractivity contribution >= 4 is 11.8 Å². The lowest BCUT2D eigenvalue weighted by Gasteiger charge is -2.32. The molecule has 2 aromatic rings. The molecular weight excluding hydrogens is 304 g/mol. The lowest BCUT2D eigenvalue weighted by atomic mass is 9.99. The predicted molar refractivity (Wildman–Crippen MR) is 97.2 cm³/mol. The van der Waals surface area contributed by atoms with Crippen LogP contribution >= 0.6 is 11.8 Å². The first-order valence-corrected chi connectivity index (χ1v) is 9.76. The van der Waals surface area contributed by atoms with Crippen LogP contribution in [0.5, 0.6) is 0 Å². The topological polar surface area (TPSA) is 34.0 Å². The van der Waals surface area contributed by atoms with E-state index < -0.39 is 0 Å². The first kappa shape index (κ1) is 16.5. The molecule has 0 radical (unpaired) electrons. The Morgan fingerprint density at radius 3 is 2.91 bits per heavy atom. The van der Waals surface area contributed by atoms with Crippen LogP contribution in [0.25, 0.3) is 5.82 Å². The highest BCUT2D eigenvalue weighted by molar-refractivity contribution is 7.98. The van der Waals surface area contributed by atoms with Gasteiger partial charge in [0.05, 0.1) is 5.69 Å². The van der Waals surface area contributed by atoms with Gasteiger partial charge in [-0.3, -0.25) is 4.90 Å². The molecule has 1 saturated heterocycles. The summed E-state index contributed by atoms with van der Waals surface area (Å²) in [5.74, 6) is 3.02. The van der Waals surface area contributed by atoms with Crippen LogP contribution in [0.1, 0.15) is 29.8 Å². The minimum absolute atomic E-state index is 0.838. The van der Waals surface area contributed by atoms with E-state index in [2.05, 4.69) is 30.0 Å². The number of thioether (sulfide) groups is 1. The third kappa shape index (κ3) is 3.78. The van der Waals surface area contributed by atoms with Gasteiger partial charge < -0.3 is 0 Å². The van der Waals surface area contributed by atoms with E-state index in [1.807, 2.05) is 40.8 Å². The predicted octanol–water partition coefficient (Wildman–Crippen LogP) is 3.46. The van der Waals surface area contributed by atoms with Gasteiger partial charge in [-0.2, -0.15) is 16.9 Å². The van der Waals surface area contributed by atoms with Crippen molar-refractivity contribution in [3.8, 4) is 5.82 Å². The number of hydrogen-bond acceptors (Lipinski definition) is 4. The Kier molecular flexibility index (Phi) is 5.38. The van der Waals surface area contributed by atoms with Crippen LogP contribution in [-0.2, 0) is 6.54 Å². The maximum Gasteiger partial charge on any atom is 0.153 e. The van der Waals surface area contributed by atoms with Crippen molar-refractivity contribution in [1.29, 1.82) is 0 Å². The zero-order valence-electron chi connectivity index (χ0n) is 14.3. The van der Waals surface area contributed by atoms with Crippen LogP contribution in [0.4, 0.5) is 0 Å². The maximum atomic E-state index is 4.72. The van der Waals surface area contributed by atoms with Gasteiger partial charge in [-0.15, -0.1) is 0 Å². The van der Waals surface area contributed by atoms with Crippen molar-refractivity contribution in [3.05, 3.63) is 41.3 Å². The summed E-state index contributed by atoms with van der Waals surface area (Å²) in [5.41, 5.74) is 3.70. The first-order valence-electron chi connectivity index (χ1n) is 8.37. The molecule has 2 aromatic heterocycles. The van der Waals surface area contributed by atoms with E-state index in [1.165, 1.54) is 42.9 Å². The van der Waals surface area contributed by atoms with Gasteiger partial charge in [0, 0.05) is 30.5 Å². The lowest BCUT2D eigenvalue weighted by Crippen LogP contribution is -2.36. The molecule has 1 aliphatic rings. The molecule has 4 nitrogen and oxygen atoms in total. The van der Waals surface area contributed by atoms with Crippen LogP contribution in [-0.4, -0.2) is 44.8 Å². The summed E-state index contributed by atoms with van der Waals surface area (Å²) in [6, 6.07) is 5.96. The number of aromatic nitrogens is 3. The number of rotatable bonds is 5. The molecule has 0 aliphatic carbocycles. The average molecular weight is 331 g/mol. The van der Waals surface area contributed by atoms with E-state index >= 15 is 0 Å². The van der Waals surface area contributed by atoms with E-state index in [1.54, 1.807) is 0 Å². The summed E-state index contributed by atoms with van der Waals surface area (Å²) < 4.78 is 1.98. The summed E-state index contributed by atoms with van der Waals surface area (Å²) in [5, 5.41) is 4.72. The van der Waals surface area contributed by atoms with Crippen molar-refractivity contribution < 1.29 is 0 Å². The molecule has 1 unspecified atom stereocenters. The van der Waals surface area contributed by atoms with Crippen molar-refractivity contribution in [2.75, 3.05) is 25.1 Å². The van der Waals surface area contributed by atoms with E-state index in [0.29, 0.717) is 0 Å². The fourth-order valence-electron chi connectivity index (χ4n) is 3.50. The molecular formula is C18H26N4S. The largest absolute Gasteiger partial charge is 0.299 e. The third-order valence-electron chi connectivity index (χ3n) is 4.69. The Hall–Kier alpha value is -1.33. The molecule has 0 aromatic carbocycles. The summed E-state index contributed by atoms with van der Waals surface area (Å²) in [7, 11) is 0. The highest BCUT2D eigenvalue weighted by atomic mass is 32.2. The zero-order valence-corrected chi connectivity index (χ0v) is 15.1. The number of pyridine rings is 1. The van der Waals surface area contributed by atoms with Crippen LogP contribution < -0.4 is 0 Å². The molecule has 124 valence electrons. The average Bonchev–Trinajstić information content (AvgIpc) is 2.85.